The molecule has 0 spiro atoms. The summed E-state index contributed by atoms with van der Waals surface area (Å²) in [6.45, 7) is 8.71. The minimum Gasteiger partial charge on any atom is -0.490 e. The smallest absolute Gasteiger partial charge is 0.228 e. The Hall–Kier alpha value is -2.09. The predicted molar refractivity (Wildman–Crippen MR) is 78.5 cm³/mol. The Balaban J connectivity index is 2.38. The van der Waals surface area contributed by atoms with Crippen molar-refractivity contribution in [2.24, 2.45) is 5.41 Å². The third-order valence-electron chi connectivity index (χ3n) is 4.16. The highest BCUT2D eigenvalue weighted by molar-refractivity contribution is 5.82. The first-order chi connectivity index (χ1) is 9.90. The summed E-state index contributed by atoms with van der Waals surface area (Å²) in [6, 6.07) is 2.05. The van der Waals surface area contributed by atoms with Crippen LogP contribution in [-0.2, 0) is 11.3 Å². The summed E-state index contributed by atoms with van der Waals surface area (Å²) in [5.41, 5.74) is 0.807. The summed E-state index contributed by atoms with van der Waals surface area (Å²) in [4.78, 5) is 18.7. The number of hydrogen-bond acceptors (Lipinski definition) is 4. The van der Waals surface area contributed by atoms with Crippen molar-refractivity contribution in [3.05, 3.63) is 23.5 Å². The van der Waals surface area contributed by atoms with Crippen molar-refractivity contribution in [2.75, 3.05) is 6.61 Å². The minimum atomic E-state index is -0.404. The number of amides is 1. The van der Waals surface area contributed by atoms with Crippen LogP contribution < -0.4 is 4.74 Å². The number of fused-ring (bicyclic) bond motifs is 1. The Labute approximate surface area is 125 Å². The van der Waals surface area contributed by atoms with Gasteiger partial charge in [0, 0.05) is 23.4 Å². The second kappa shape index (κ2) is 5.72. The van der Waals surface area contributed by atoms with Gasteiger partial charge in [0.2, 0.25) is 5.91 Å². The lowest BCUT2D eigenvalue weighted by Crippen LogP contribution is -2.46. The molecule has 0 aromatic carbocycles. The lowest BCUT2D eigenvalue weighted by Gasteiger charge is -2.33. The average Bonchev–Trinajstić information content (AvgIpc) is 2.65. The van der Waals surface area contributed by atoms with Crippen molar-refractivity contribution < 1.29 is 9.53 Å². The van der Waals surface area contributed by atoms with Crippen LogP contribution in [0, 0.1) is 16.7 Å². The van der Waals surface area contributed by atoms with E-state index in [1.54, 1.807) is 6.20 Å². The zero-order valence-electron chi connectivity index (χ0n) is 13.0. The molecule has 0 bridgehead atoms. The highest BCUT2D eigenvalue weighted by atomic mass is 16.5. The molecule has 1 aromatic heterocycles. The number of ether oxygens (including phenoxy) is 1. The molecule has 0 fully saturated rings. The Kier molecular flexibility index (Phi) is 4.17. The van der Waals surface area contributed by atoms with E-state index >= 15 is 0 Å². The van der Waals surface area contributed by atoms with Crippen LogP contribution in [0.25, 0.3) is 0 Å². The average molecular weight is 287 g/mol. The van der Waals surface area contributed by atoms with Crippen LogP contribution >= 0.6 is 0 Å². The molecule has 5 heteroatoms. The Morgan fingerprint density at radius 1 is 1.57 bits per heavy atom. The van der Waals surface area contributed by atoms with Gasteiger partial charge in [-0.25, -0.2) is 0 Å². The van der Waals surface area contributed by atoms with Crippen molar-refractivity contribution in [3.8, 4) is 11.8 Å². The van der Waals surface area contributed by atoms with Crippen LogP contribution in [0.5, 0.6) is 5.75 Å². The third-order valence-corrected chi connectivity index (χ3v) is 4.16. The van der Waals surface area contributed by atoms with E-state index in [0.29, 0.717) is 24.5 Å². The van der Waals surface area contributed by atoms with E-state index in [1.807, 2.05) is 32.6 Å². The molecule has 5 nitrogen and oxygen atoms in total. The molecule has 0 radical (unpaired) electrons. The number of rotatable bonds is 2. The summed E-state index contributed by atoms with van der Waals surface area (Å²) in [5.74, 6) is 0.667. The molecule has 21 heavy (non-hydrogen) atoms. The normalized spacial score (nSPS) is 18.2. The molecule has 0 unspecified atom stereocenters. The summed E-state index contributed by atoms with van der Waals surface area (Å²) >= 11 is 0. The van der Waals surface area contributed by atoms with Crippen LogP contribution in [0.2, 0.25) is 0 Å². The molecule has 2 rings (SSSR count). The molecule has 2 heterocycles. The Morgan fingerprint density at radius 3 is 2.90 bits per heavy atom. The standard InChI is InChI=1S/C16H21N3O2/c1-5-16(3,4)15(20)19-9-13-8-18-7-12(6-17)14(13)21-10-11(19)2/h7-8,11H,5,9-10H2,1-4H3/t11-/m1/s1. The molecule has 1 aliphatic rings. The van der Waals surface area contributed by atoms with Crippen LogP contribution in [-0.4, -0.2) is 28.4 Å². The van der Waals surface area contributed by atoms with Gasteiger partial charge in [0.05, 0.1) is 12.6 Å². The van der Waals surface area contributed by atoms with Gasteiger partial charge in [-0.1, -0.05) is 20.8 Å². The van der Waals surface area contributed by atoms with E-state index in [-0.39, 0.29) is 11.9 Å². The van der Waals surface area contributed by atoms with Gasteiger partial charge in [0.15, 0.2) is 0 Å². The SMILES string of the molecule is CCC(C)(C)C(=O)N1Cc2cncc(C#N)c2OC[C@H]1C. The van der Waals surface area contributed by atoms with Crippen LogP contribution in [0.1, 0.15) is 45.2 Å². The van der Waals surface area contributed by atoms with Crippen molar-refractivity contribution >= 4 is 5.91 Å². The van der Waals surface area contributed by atoms with E-state index in [2.05, 4.69) is 11.1 Å². The van der Waals surface area contributed by atoms with Crippen LogP contribution in [0.3, 0.4) is 0 Å². The van der Waals surface area contributed by atoms with E-state index in [4.69, 9.17) is 10.00 Å². The monoisotopic (exact) mass is 287 g/mol. The van der Waals surface area contributed by atoms with Gasteiger partial charge in [0.1, 0.15) is 24.0 Å². The maximum atomic E-state index is 12.8. The fourth-order valence-electron chi connectivity index (χ4n) is 2.30. The highest BCUT2D eigenvalue weighted by Crippen LogP contribution is 2.31. The molecule has 1 aliphatic heterocycles. The van der Waals surface area contributed by atoms with Gasteiger partial charge >= 0.3 is 0 Å². The van der Waals surface area contributed by atoms with Gasteiger partial charge in [-0.15, -0.1) is 0 Å². The van der Waals surface area contributed by atoms with Crippen molar-refractivity contribution in [3.63, 3.8) is 0 Å². The molecule has 112 valence electrons. The summed E-state index contributed by atoms with van der Waals surface area (Å²) in [6.07, 6.45) is 3.95. The van der Waals surface area contributed by atoms with Crippen molar-refractivity contribution in [1.29, 1.82) is 5.26 Å². The van der Waals surface area contributed by atoms with E-state index in [0.717, 1.165) is 12.0 Å². The lowest BCUT2D eigenvalue weighted by molar-refractivity contribution is -0.143. The molecular formula is C16H21N3O2. The van der Waals surface area contributed by atoms with Gasteiger partial charge in [0.25, 0.3) is 0 Å². The maximum Gasteiger partial charge on any atom is 0.228 e. The lowest BCUT2D eigenvalue weighted by atomic mass is 9.88. The van der Waals surface area contributed by atoms with Crippen molar-refractivity contribution in [1.82, 2.24) is 9.88 Å². The van der Waals surface area contributed by atoms with Gasteiger partial charge in [-0.05, 0) is 13.3 Å². The zero-order chi connectivity index (χ0) is 15.6. The first-order valence-corrected chi connectivity index (χ1v) is 7.21. The zero-order valence-corrected chi connectivity index (χ0v) is 13.0. The fourth-order valence-corrected chi connectivity index (χ4v) is 2.30. The first-order valence-electron chi connectivity index (χ1n) is 7.21. The predicted octanol–water partition coefficient (Wildman–Crippen LogP) is 2.50. The molecule has 0 aliphatic carbocycles. The number of pyridine rings is 1. The third kappa shape index (κ3) is 2.85. The maximum absolute atomic E-state index is 12.8. The summed E-state index contributed by atoms with van der Waals surface area (Å²) < 4.78 is 5.75. The van der Waals surface area contributed by atoms with Gasteiger partial charge in [-0.3, -0.25) is 9.78 Å². The quantitative estimate of drug-likeness (QED) is 0.838. The molecule has 0 saturated heterocycles. The number of nitrogens with zero attached hydrogens (tertiary/aromatic N) is 3. The minimum absolute atomic E-state index is 0.0396. The topological polar surface area (TPSA) is 66.2 Å². The number of carbonyl (C=O) groups is 1. The number of aromatic nitrogens is 1. The highest BCUT2D eigenvalue weighted by Gasteiger charge is 2.35. The van der Waals surface area contributed by atoms with Gasteiger partial charge in [-0.2, -0.15) is 5.26 Å². The molecule has 0 saturated carbocycles. The summed E-state index contributed by atoms with van der Waals surface area (Å²) in [5, 5.41) is 9.14. The summed E-state index contributed by atoms with van der Waals surface area (Å²) in [7, 11) is 0. The molecule has 1 atom stereocenters. The first kappa shape index (κ1) is 15.3. The Bertz CT molecular complexity index is 590. The Morgan fingerprint density at radius 2 is 2.29 bits per heavy atom. The van der Waals surface area contributed by atoms with E-state index < -0.39 is 5.41 Å². The number of hydrogen-bond donors (Lipinski definition) is 0. The van der Waals surface area contributed by atoms with Crippen LogP contribution in [0.15, 0.2) is 12.4 Å². The fraction of sp³-hybridized carbons (Fsp3) is 0.562. The molecular weight excluding hydrogens is 266 g/mol. The van der Waals surface area contributed by atoms with E-state index in [1.165, 1.54) is 6.20 Å². The largest absolute Gasteiger partial charge is 0.490 e. The van der Waals surface area contributed by atoms with E-state index in [9.17, 15) is 4.79 Å². The molecule has 1 amide bonds. The van der Waals surface area contributed by atoms with Gasteiger partial charge < -0.3 is 9.64 Å². The second-order valence-electron chi connectivity index (χ2n) is 6.12. The molecule has 0 N–H and O–H groups in total. The number of carbonyl (C=O) groups excluding carboxylic acids is 1. The van der Waals surface area contributed by atoms with Crippen molar-refractivity contribution in [2.45, 2.75) is 46.7 Å². The second-order valence-corrected chi connectivity index (χ2v) is 6.12. The molecule has 1 aromatic rings. The van der Waals surface area contributed by atoms with Crippen LogP contribution in [0.4, 0.5) is 0 Å². The number of nitriles is 1.